The minimum absolute atomic E-state index is 0.781. The van der Waals surface area contributed by atoms with Gasteiger partial charge in [-0.1, -0.05) is 47.7 Å². The number of aryl methyl sites for hydroxylation is 1. The van der Waals surface area contributed by atoms with E-state index in [9.17, 15) is 0 Å². The van der Waals surface area contributed by atoms with Gasteiger partial charge in [-0.15, -0.1) is 0 Å². The summed E-state index contributed by atoms with van der Waals surface area (Å²) in [6.45, 7) is 3.27. The van der Waals surface area contributed by atoms with Crippen molar-refractivity contribution in [1.29, 1.82) is 0 Å². The van der Waals surface area contributed by atoms with Crippen molar-refractivity contribution in [3.63, 3.8) is 0 Å². The Morgan fingerprint density at radius 1 is 1.44 bits per heavy atom. The van der Waals surface area contributed by atoms with E-state index < -0.39 is 0 Å². The Balaban J connectivity index is 2.14. The molecule has 1 fully saturated rings. The van der Waals surface area contributed by atoms with Crippen molar-refractivity contribution in [2.24, 2.45) is 5.92 Å². The number of hydrogen-bond donors (Lipinski definition) is 0. The van der Waals surface area contributed by atoms with E-state index in [1.54, 1.807) is 5.57 Å². The molecular formula is C15H23BrN2. The lowest BCUT2D eigenvalue weighted by atomic mass is 9.84. The molecule has 0 N–H and O–H groups in total. The summed E-state index contributed by atoms with van der Waals surface area (Å²) in [4.78, 5) is 4.28. The molecule has 1 aromatic heterocycles. The topological polar surface area (TPSA) is 17.8 Å². The second-order valence-corrected chi connectivity index (χ2v) is 5.76. The van der Waals surface area contributed by atoms with Crippen molar-refractivity contribution in [2.45, 2.75) is 52.0 Å². The molecule has 2 nitrogen and oxygen atoms in total. The maximum absolute atomic E-state index is 4.28. The Bertz CT molecular complexity index is 389. The van der Waals surface area contributed by atoms with Gasteiger partial charge in [0.1, 0.15) is 0 Å². The predicted octanol–water partition coefficient (Wildman–Crippen LogP) is 4.65. The molecule has 0 radical (unpaired) electrons. The van der Waals surface area contributed by atoms with Crippen LogP contribution in [0.1, 0.15) is 51.1 Å². The molecule has 1 aliphatic carbocycles. The Hall–Kier alpha value is -0.570. The Labute approximate surface area is 119 Å². The number of hydrogen-bond acceptors (Lipinski definition) is 1. The molecule has 2 rings (SSSR count). The molecule has 0 amide bonds. The zero-order valence-corrected chi connectivity index (χ0v) is 12.8. The monoisotopic (exact) mass is 310 g/mol. The summed E-state index contributed by atoms with van der Waals surface area (Å²) in [7, 11) is 0. The van der Waals surface area contributed by atoms with Crippen molar-refractivity contribution in [3.8, 4) is 0 Å². The normalized spacial score (nSPS) is 18.2. The Morgan fingerprint density at radius 2 is 2.22 bits per heavy atom. The number of allylic oxidation sites excluding steroid dienone is 1. The quantitative estimate of drug-likeness (QED) is 0.724. The lowest BCUT2D eigenvalue weighted by Crippen LogP contribution is -2.10. The number of alkyl halides is 1. The first-order chi connectivity index (χ1) is 8.85. The number of rotatable bonds is 5. The first-order valence-electron chi connectivity index (χ1n) is 7.11. The number of imidazole rings is 1. The summed E-state index contributed by atoms with van der Waals surface area (Å²) in [5, 5.41) is 0.995. The van der Waals surface area contributed by atoms with E-state index in [4.69, 9.17) is 0 Å². The van der Waals surface area contributed by atoms with E-state index in [-0.39, 0.29) is 0 Å². The molecule has 1 aromatic rings. The van der Waals surface area contributed by atoms with Crippen LogP contribution in [0.3, 0.4) is 0 Å². The minimum Gasteiger partial charge on any atom is -0.331 e. The smallest absolute Gasteiger partial charge is 0.0950 e. The van der Waals surface area contributed by atoms with Gasteiger partial charge in [-0.2, -0.15) is 0 Å². The van der Waals surface area contributed by atoms with Crippen molar-refractivity contribution in [1.82, 2.24) is 9.55 Å². The molecule has 1 heterocycles. The minimum atomic E-state index is 0.781. The average Bonchev–Trinajstić information content (AvgIpc) is 2.85. The van der Waals surface area contributed by atoms with Crippen LogP contribution in [0, 0.1) is 5.92 Å². The van der Waals surface area contributed by atoms with Gasteiger partial charge >= 0.3 is 0 Å². The van der Waals surface area contributed by atoms with Gasteiger partial charge in [0.05, 0.1) is 18.2 Å². The molecule has 0 unspecified atom stereocenters. The molecule has 0 saturated heterocycles. The summed E-state index contributed by atoms with van der Waals surface area (Å²) >= 11 is 3.66. The van der Waals surface area contributed by atoms with E-state index >= 15 is 0 Å². The van der Waals surface area contributed by atoms with Crippen LogP contribution in [0.15, 0.2) is 18.1 Å². The molecule has 0 spiro atoms. The Morgan fingerprint density at radius 3 is 2.89 bits per heavy atom. The summed E-state index contributed by atoms with van der Waals surface area (Å²) in [6, 6.07) is 0. The van der Waals surface area contributed by atoms with E-state index in [0.717, 1.165) is 24.2 Å². The summed E-state index contributed by atoms with van der Waals surface area (Å²) in [5.41, 5.74) is 2.81. The fourth-order valence-electron chi connectivity index (χ4n) is 2.81. The highest BCUT2D eigenvalue weighted by Crippen LogP contribution is 2.31. The van der Waals surface area contributed by atoms with Crippen LogP contribution in [-0.4, -0.2) is 14.9 Å². The molecule has 18 heavy (non-hydrogen) atoms. The van der Waals surface area contributed by atoms with Gasteiger partial charge in [0.2, 0.25) is 0 Å². The van der Waals surface area contributed by atoms with E-state index in [2.05, 4.69) is 38.5 Å². The SMILES string of the molecule is CCCn1cncc1C=C(CBr)C1CCCCC1. The van der Waals surface area contributed by atoms with Crippen LogP contribution in [0.2, 0.25) is 0 Å². The number of halogens is 1. The average molecular weight is 311 g/mol. The summed E-state index contributed by atoms with van der Waals surface area (Å²) in [5.74, 6) is 0.781. The molecule has 0 bridgehead atoms. The third kappa shape index (κ3) is 3.47. The van der Waals surface area contributed by atoms with Gasteiger partial charge in [-0.25, -0.2) is 4.98 Å². The second kappa shape index (κ2) is 7.13. The van der Waals surface area contributed by atoms with Crippen LogP contribution in [0.5, 0.6) is 0 Å². The third-order valence-electron chi connectivity index (χ3n) is 3.83. The van der Waals surface area contributed by atoms with Crippen molar-refractivity contribution >= 4 is 22.0 Å². The lowest BCUT2D eigenvalue weighted by molar-refractivity contribution is 0.405. The van der Waals surface area contributed by atoms with Gasteiger partial charge in [0.25, 0.3) is 0 Å². The van der Waals surface area contributed by atoms with Crippen molar-refractivity contribution in [2.75, 3.05) is 5.33 Å². The highest BCUT2D eigenvalue weighted by Gasteiger charge is 2.17. The van der Waals surface area contributed by atoms with Gasteiger partial charge in [-0.3, -0.25) is 0 Å². The molecule has 3 heteroatoms. The van der Waals surface area contributed by atoms with Crippen LogP contribution >= 0.6 is 15.9 Å². The molecular weight excluding hydrogens is 288 g/mol. The van der Waals surface area contributed by atoms with E-state index in [1.807, 2.05) is 12.5 Å². The third-order valence-corrected chi connectivity index (χ3v) is 4.47. The van der Waals surface area contributed by atoms with Crippen LogP contribution < -0.4 is 0 Å². The number of aromatic nitrogens is 2. The van der Waals surface area contributed by atoms with Crippen LogP contribution in [0.4, 0.5) is 0 Å². The van der Waals surface area contributed by atoms with E-state index in [1.165, 1.54) is 37.8 Å². The van der Waals surface area contributed by atoms with Crippen LogP contribution in [-0.2, 0) is 6.54 Å². The zero-order chi connectivity index (χ0) is 12.8. The largest absolute Gasteiger partial charge is 0.331 e. The second-order valence-electron chi connectivity index (χ2n) is 5.20. The molecule has 0 aromatic carbocycles. The zero-order valence-electron chi connectivity index (χ0n) is 11.2. The molecule has 0 atom stereocenters. The predicted molar refractivity (Wildman–Crippen MR) is 80.9 cm³/mol. The van der Waals surface area contributed by atoms with Gasteiger partial charge < -0.3 is 4.57 Å². The molecule has 1 saturated carbocycles. The van der Waals surface area contributed by atoms with Crippen LogP contribution in [0.25, 0.3) is 6.08 Å². The fourth-order valence-corrected chi connectivity index (χ4v) is 3.43. The first kappa shape index (κ1) is 13.9. The van der Waals surface area contributed by atoms with Gasteiger partial charge in [0, 0.05) is 11.9 Å². The molecule has 100 valence electrons. The Kier molecular flexibility index (Phi) is 5.48. The van der Waals surface area contributed by atoms with Crippen molar-refractivity contribution < 1.29 is 0 Å². The van der Waals surface area contributed by atoms with E-state index in [0.29, 0.717) is 0 Å². The summed E-state index contributed by atoms with van der Waals surface area (Å²) < 4.78 is 2.26. The standard InChI is InChI=1S/C15H23BrN2/c1-2-8-18-12-17-11-15(18)9-14(10-16)13-6-4-3-5-7-13/h9,11-13H,2-8,10H2,1H3. The highest BCUT2D eigenvalue weighted by atomic mass is 79.9. The number of nitrogens with zero attached hydrogens (tertiary/aromatic N) is 2. The molecule has 1 aliphatic rings. The summed E-state index contributed by atoms with van der Waals surface area (Å²) in [6.07, 6.45) is 14.4. The first-order valence-corrected chi connectivity index (χ1v) is 8.24. The maximum atomic E-state index is 4.28. The highest BCUT2D eigenvalue weighted by molar-refractivity contribution is 9.09. The van der Waals surface area contributed by atoms with Gasteiger partial charge in [-0.05, 0) is 31.3 Å². The van der Waals surface area contributed by atoms with Gasteiger partial charge in [0.15, 0.2) is 0 Å². The lowest BCUT2D eigenvalue weighted by Gasteiger charge is -2.23. The van der Waals surface area contributed by atoms with Crippen molar-refractivity contribution in [3.05, 3.63) is 23.8 Å². The molecule has 0 aliphatic heterocycles. The fraction of sp³-hybridized carbons (Fsp3) is 0.667. The maximum Gasteiger partial charge on any atom is 0.0950 e.